The Kier molecular flexibility index (Phi) is 6.46. The summed E-state index contributed by atoms with van der Waals surface area (Å²) in [6.07, 6.45) is 0.427. The quantitative estimate of drug-likeness (QED) is 0.684. The van der Waals surface area contributed by atoms with E-state index in [2.05, 4.69) is 0 Å². The Morgan fingerprint density at radius 1 is 1.14 bits per heavy atom. The molecule has 1 amide bonds. The van der Waals surface area contributed by atoms with Gasteiger partial charge < -0.3 is 14.4 Å². The van der Waals surface area contributed by atoms with Gasteiger partial charge in [0.2, 0.25) is 0 Å². The molecule has 2 aromatic carbocycles. The summed E-state index contributed by atoms with van der Waals surface area (Å²) >= 11 is 5.93. The molecule has 1 heterocycles. The first-order valence-electron chi connectivity index (χ1n) is 8.88. The zero-order valence-electron chi connectivity index (χ0n) is 15.5. The van der Waals surface area contributed by atoms with Gasteiger partial charge in [-0.3, -0.25) is 4.79 Å². The van der Waals surface area contributed by atoms with E-state index in [1.807, 2.05) is 18.2 Å². The second-order valence-corrected chi connectivity index (χ2v) is 9.31. The molecule has 0 saturated carbocycles. The largest absolute Gasteiger partial charge is 0.493 e. The SMILES string of the molecule is COc1ccccc1OCC(=O)N(Cc1ccc(Cl)cc1)C1CCS(=O)(=O)C1. The molecule has 0 spiro atoms. The Morgan fingerprint density at radius 3 is 2.43 bits per heavy atom. The van der Waals surface area contributed by atoms with Gasteiger partial charge in [0.1, 0.15) is 0 Å². The first kappa shape index (κ1) is 20.5. The summed E-state index contributed by atoms with van der Waals surface area (Å²) in [5.74, 6) is 0.783. The Balaban J connectivity index is 1.75. The summed E-state index contributed by atoms with van der Waals surface area (Å²) in [4.78, 5) is 14.5. The van der Waals surface area contributed by atoms with Gasteiger partial charge in [-0.2, -0.15) is 0 Å². The summed E-state index contributed by atoms with van der Waals surface area (Å²) in [6, 6.07) is 13.8. The van der Waals surface area contributed by atoms with Gasteiger partial charge in [0.05, 0.1) is 18.6 Å². The standard InChI is InChI=1S/C20H22ClNO5S/c1-26-18-4-2-3-5-19(18)27-13-20(23)22(17-10-11-28(24,25)14-17)12-15-6-8-16(21)9-7-15/h2-9,17H,10-14H2,1H3. The van der Waals surface area contributed by atoms with Crippen molar-refractivity contribution < 1.29 is 22.7 Å². The third kappa shape index (κ3) is 5.17. The lowest BCUT2D eigenvalue weighted by Crippen LogP contribution is -2.43. The van der Waals surface area contributed by atoms with Crippen LogP contribution in [0, 0.1) is 0 Å². The molecule has 0 N–H and O–H groups in total. The van der Waals surface area contributed by atoms with Gasteiger partial charge >= 0.3 is 0 Å². The lowest BCUT2D eigenvalue weighted by atomic mass is 10.1. The molecular formula is C20H22ClNO5S. The van der Waals surface area contributed by atoms with Crippen LogP contribution < -0.4 is 9.47 Å². The van der Waals surface area contributed by atoms with Crippen LogP contribution in [0.1, 0.15) is 12.0 Å². The van der Waals surface area contributed by atoms with E-state index < -0.39 is 9.84 Å². The van der Waals surface area contributed by atoms with Crippen molar-refractivity contribution in [2.75, 3.05) is 25.2 Å². The third-order valence-electron chi connectivity index (χ3n) is 4.66. The number of para-hydroxylation sites is 2. The van der Waals surface area contributed by atoms with Gasteiger partial charge in [-0.05, 0) is 36.2 Å². The molecule has 28 heavy (non-hydrogen) atoms. The van der Waals surface area contributed by atoms with E-state index in [1.54, 1.807) is 35.2 Å². The molecule has 0 aliphatic carbocycles. The van der Waals surface area contributed by atoms with E-state index in [4.69, 9.17) is 21.1 Å². The van der Waals surface area contributed by atoms with Crippen LogP contribution in [-0.4, -0.2) is 50.5 Å². The minimum atomic E-state index is -3.13. The predicted molar refractivity (Wildman–Crippen MR) is 108 cm³/mol. The fourth-order valence-electron chi connectivity index (χ4n) is 3.19. The lowest BCUT2D eigenvalue weighted by Gasteiger charge is -2.28. The fourth-order valence-corrected chi connectivity index (χ4v) is 5.05. The number of methoxy groups -OCH3 is 1. The average Bonchev–Trinajstić information content (AvgIpc) is 3.05. The lowest BCUT2D eigenvalue weighted by molar-refractivity contribution is -0.136. The number of hydrogen-bond donors (Lipinski definition) is 0. The molecule has 3 rings (SSSR count). The predicted octanol–water partition coefficient (Wildman–Crippen LogP) is 2.94. The number of hydrogen-bond acceptors (Lipinski definition) is 5. The highest BCUT2D eigenvalue weighted by Crippen LogP contribution is 2.26. The second kappa shape index (κ2) is 8.84. The van der Waals surface area contributed by atoms with Gasteiger partial charge in [-0.25, -0.2) is 8.42 Å². The van der Waals surface area contributed by atoms with Crippen molar-refractivity contribution in [1.29, 1.82) is 0 Å². The number of sulfone groups is 1. The van der Waals surface area contributed by atoms with Crippen LogP contribution in [0.25, 0.3) is 0 Å². The maximum atomic E-state index is 12.9. The summed E-state index contributed by atoms with van der Waals surface area (Å²) in [5, 5.41) is 0.601. The maximum absolute atomic E-state index is 12.9. The molecule has 150 valence electrons. The Hall–Kier alpha value is -2.25. The number of ether oxygens (including phenoxy) is 2. The van der Waals surface area contributed by atoms with Crippen molar-refractivity contribution in [3.05, 3.63) is 59.1 Å². The average molecular weight is 424 g/mol. The highest BCUT2D eigenvalue weighted by atomic mass is 35.5. The van der Waals surface area contributed by atoms with E-state index in [0.717, 1.165) is 5.56 Å². The minimum absolute atomic E-state index is 0.0268. The van der Waals surface area contributed by atoms with Gasteiger partial charge in [0, 0.05) is 17.6 Å². The number of benzene rings is 2. The number of carbonyl (C=O) groups excluding carboxylic acids is 1. The van der Waals surface area contributed by atoms with E-state index in [1.165, 1.54) is 7.11 Å². The number of carbonyl (C=O) groups is 1. The molecule has 1 aliphatic heterocycles. The summed E-state index contributed by atoms with van der Waals surface area (Å²) in [6.45, 7) is 0.0932. The van der Waals surface area contributed by atoms with Crippen molar-refractivity contribution in [2.24, 2.45) is 0 Å². The van der Waals surface area contributed by atoms with E-state index in [9.17, 15) is 13.2 Å². The summed E-state index contributed by atoms with van der Waals surface area (Å²) < 4.78 is 34.7. The molecular weight excluding hydrogens is 402 g/mol. The van der Waals surface area contributed by atoms with Crippen molar-refractivity contribution in [3.63, 3.8) is 0 Å². The van der Waals surface area contributed by atoms with Crippen LogP contribution in [0.5, 0.6) is 11.5 Å². The van der Waals surface area contributed by atoms with Crippen LogP contribution in [0.3, 0.4) is 0 Å². The van der Waals surface area contributed by atoms with Gasteiger partial charge in [-0.15, -0.1) is 0 Å². The molecule has 6 nitrogen and oxygen atoms in total. The van der Waals surface area contributed by atoms with Crippen molar-refractivity contribution >= 4 is 27.3 Å². The molecule has 0 bridgehead atoms. The fraction of sp³-hybridized carbons (Fsp3) is 0.350. The van der Waals surface area contributed by atoms with Crippen LogP contribution in [0.4, 0.5) is 0 Å². The Labute approximate surface area is 169 Å². The number of amides is 1. The number of nitrogens with zero attached hydrogens (tertiary/aromatic N) is 1. The van der Waals surface area contributed by atoms with Gasteiger partial charge in [-0.1, -0.05) is 35.9 Å². The van der Waals surface area contributed by atoms with Crippen LogP contribution in [0.2, 0.25) is 5.02 Å². The normalized spacial score (nSPS) is 17.9. The topological polar surface area (TPSA) is 72.9 Å². The molecule has 0 aromatic heterocycles. The molecule has 1 atom stereocenters. The van der Waals surface area contributed by atoms with Crippen LogP contribution >= 0.6 is 11.6 Å². The second-order valence-electron chi connectivity index (χ2n) is 6.64. The highest BCUT2D eigenvalue weighted by molar-refractivity contribution is 7.91. The monoisotopic (exact) mass is 423 g/mol. The van der Waals surface area contributed by atoms with Crippen molar-refractivity contribution in [1.82, 2.24) is 4.90 Å². The first-order chi connectivity index (χ1) is 13.4. The molecule has 1 fully saturated rings. The summed E-state index contributed by atoms with van der Waals surface area (Å²) in [5.41, 5.74) is 0.874. The molecule has 8 heteroatoms. The number of halogens is 1. The molecule has 0 radical (unpaired) electrons. The van der Waals surface area contributed by atoms with E-state index >= 15 is 0 Å². The zero-order valence-corrected chi connectivity index (χ0v) is 17.1. The Morgan fingerprint density at radius 2 is 1.82 bits per heavy atom. The Bertz CT molecular complexity index is 930. The molecule has 2 aromatic rings. The molecule has 1 saturated heterocycles. The maximum Gasteiger partial charge on any atom is 0.261 e. The van der Waals surface area contributed by atoms with Crippen molar-refractivity contribution in [3.8, 4) is 11.5 Å². The highest BCUT2D eigenvalue weighted by Gasteiger charge is 2.34. The molecule has 1 aliphatic rings. The van der Waals surface area contributed by atoms with Crippen LogP contribution in [0.15, 0.2) is 48.5 Å². The van der Waals surface area contributed by atoms with Crippen molar-refractivity contribution in [2.45, 2.75) is 19.0 Å². The van der Waals surface area contributed by atoms with Gasteiger partial charge in [0.25, 0.3) is 5.91 Å². The molecule has 1 unspecified atom stereocenters. The first-order valence-corrected chi connectivity index (χ1v) is 11.1. The number of rotatable bonds is 7. The van der Waals surface area contributed by atoms with Gasteiger partial charge in [0.15, 0.2) is 27.9 Å². The third-order valence-corrected chi connectivity index (χ3v) is 6.66. The van der Waals surface area contributed by atoms with E-state index in [0.29, 0.717) is 29.5 Å². The summed E-state index contributed by atoms with van der Waals surface area (Å²) in [7, 11) is -1.60. The minimum Gasteiger partial charge on any atom is -0.493 e. The van der Waals surface area contributed by atoms with E-state index in [-0.39, 0.29) is 30.1 Å². The smallest absolute Gasteiger partial charge is 0.261 e. The van der Waals surface area contributed by atoms with Crippen LogP contribution in [-0.2, 0) is 21.2 Å². The zero-order chi connectivity index (χ0) is 20.1.